The number of aromatic nitrogens is 2. The Balaban J connectivity index is 0.00000261. The van der Waals surface area contributed by atoms with Crippen LogP contribution in [0.1, 0.15) is 11.4 Å². The fourth-order valence-electron chi connectivity index (χ4n) is 2.07. The summed E-state index contributed by atoms with van der Waals surface area (Å²) in [4.78, 5) is 15.9. The van der Waals surface area contributed by atoms with Crippen molar-refractivity contribution in [2.75, 3.05) is 0 Å². The minimum Gasteiger partial charge on any atom is -0.744 e. The molecule has 2 heterocycles. The molecule has 0 saturated heterocycles. The summed E-state index contributed by atoms with van der Waals surface area (Å²) in [7, 11) is -4.72. The Hall–Kier alpha value is -2.23. The number of pyridine rings is 2. The predicted octanol–water partition coefficient (Wildman–Crippen LogP) is -0.114. The molecule has 1 aromatic carbocycles. The van der Waals surface area contributed by atoms with Gasteiger partial charge in [0.1, 0.15) is 10.1 Å². The standard InChI is InChI=1S/C18H14N4O3S.Na/c23-26(24,25)18-11-14(21-12-15-5-1-3-9-19-15)7-8-17(18)22-13-16-6-2-4-10-20-16;/h1-13H,(H,23,24,25);/q;+1/p-1. The van der Waals surface area contributed by atoms with Crippen LogP contribution in [-0.2, 0) is 10.1 Å². The van der Waals surface area contributed by atoms with E-state index < -0.39 is 15.0 Å². The molecule has 0 fully saturated rings. The van der Waals surface area contributed by atoms with E-state index in [9.17, 15) is 13.0 Å². The second kappa shape index (κ2) is 9.63. The first kappa shape index (κ1) is 21.1. The maximum absolute atomic E-state index is 11.6. The van der Waals surface area contributed by atoms with Gasteiger partial charge in [-0.2, -0.15) is 0 Å². The molecule has 0 saturated carbocycles. The number of hydrogen-bond donors (Lipinski definition) is 0. The van der Waals surface area contributed by atoms with Crippen molar-refractivity contribution in [2.24, 2.45) is 9.98 Å². The molecule has 0 amide bonds. The van der Waals surface area contributed by atoms with Crippen molar-refractivity contribution in [3.8, 4) is 0 Å². The molecule has 0 aliphatic carbocycles. The van der Waals surface area contributed by atoms with Crippen LogP contribution in [-0.4, -0.2) is 35.4 Å². The van der Waals surface area contributed by atoms with Gasteiger partial charge in [0.25, 0.3) is 0 Å². The van der Waals surface area contributed by atoms with E-state index in [4.69, 9.17) is 0 Å². The second-order valence-electron chi connectivity index (χ2n) is 5.13. The van der Waals surface area contributed by atoms with Crippen LogP contribution in [0.15, 0.2) is 81.9 Å². The van der Waals surface area contributed by atoms with Gasteiger partial charge in [-0.25, -0.2) is 8.42 Å². The Morgan fingerprint density at radius 1 is 0.852 bits per heavy atom. The van der Waals surface area contributed by atoms with Gasteiger partial charge in [0.2, 0.25) is 0 Å². The first-order chi connectivity index (χ1) is 12.5. The van der Waals surface area contributed by atoms with E-state index in [2.05, 4.69) is 20.0 Å². The zero-order valence-corrected chi connectivity index (χ0v) is 17.2. The number of rotatable bonds is 5. The molecule has 3 rings (SSSR count). The zero-order valence-electron chi connectivity index (χ0n) is 14.4. The van der Waals surface area contributed by atoms with Crippen molar-refractivity contribution in [3.05, 3.63) is 78.4 Å². The summed E-state index contributed by atoms with van der Waals surface area (Å²) >= 11 is 0. The van der Waals surface area contributed by atoms with Gasteiger partial charge in [0.15, 0.2) is 0 Å². The van der Waals surface area contributed by atoms with Gasteiger partial charge >= 0.3 is 29.6 Å². The summed E-state index contributed by atoms with van der Waals surface area (Å²) in [5.41, 5.74) is 1.49. The van der Waals surface area contributed by atoms with Crippen LogP contribution < -0.4 is 29.6 Å². The summed E-state index contributed by atoms with van der Waals surface area (Å²) in [6.07, 6.45) is 6.07. The maximum atomic E-state index is 11.6. The third-order valence-electron chi connectivity index (χ3n) is 3.27. The summed E-state index contributed by atoms with van der Waals surface area (Å²) in [5.74, 6) is 0. The zero-order chi connectivity index (χ0) is 18.4. The van der Waals surface area contributed by atoms with Gasteiger partial charge in [-0.05, 0) is 42.5 Å². The molecule has 9 heteroatoms. The molecule has 0 bridgehead atoms. The van der Waals surface area contributed by atoms with Gasteiger partial charge in [-0.1, -0.05) is 12.1 Å². The Morgan fingerprint density at radius 2 is 1.44 bits per heavy atom. The molecule has 130 valence electrons. The van der Waals surface area contributed by atoms with Crippen molar-refractivity contribution in [3.63, 3.8) is 0 Å². The fraction of sp³-hybridized carbons (Fsp3) is 0. The number of aliphatic imine (C=N–C) groups is 2. The number of nitrogens with zero attached hydrogens (tertiary/aromatic N) is 4. The second-order valence-corrected chi connectivity index (χ2v) is 6.48. The third-order valence-corrected chi connectivity index (χ3v) is 4.14. The quantitative estimate of drug-likeness (QED) is 0.344. The molecule has 0 radical (unpaired) electrons. The number of benzene rings is 1. The van der Waals surface area contributed by atoms with E-state index in [1.807, 2.05) is 0 Å². The monoisotopic (exact) mass is 388 g/mol. The Morgan fingerprint density at radius 3 is 1.96 bits per heavy atom. The van der Waals surface area contributed by atoms with Crippen molar-refractivity contribution < 1.29 is 42.5 Å². The van der Waals surface area contributed by atoms with Gasteiger partial charge in [-0.15, -0.1) is 0 Å². The maximum Gasteiger partial charge on any atom is 1.00 e. The average Bonchev–Trinajstić information content (AvgIpc) is 2.66. The molecule has 0 N–H and O–H groups in total. The van der Waals surface area contributed by atoms with Crippen molar-refractivity contribution in [2.45, 2.75) is 4.90 Å². The van der Waals surface area contributed by atoms with Gasteiger partial charge < -0.3 is 4.55 Å². The van der Waals surface area contributed by atoms with Crippen molar-refractivity contribution in [1.29, 1.82) is 0 Å². The molecule has 27 heavy (non-hydrogen) atoms. The largest absolute Gasteiger partial charge is 1.00 e. The summed E-state index contributed by atoms with van der Waals surface area (Å²) in [5, 5.41) is 0. The molecule has 2 aromatic heterocycles. The average molecular weight is 388 g/mol. The van der Waals surface area contributed by atoms with E-state index >= 15 is 0 Å². The van der Waals surface area contributed by atoms with Gasteiger partial charge in [-0.3, -0.25) is 20.0 Å². The summed E-state index contributed by atoms with van der Waals surface area (Å²) in [6, 6.07) is 14.7. The third kappa shape index (κ3) is 6.16. The van der Waals surface area contributed by atoms with Crippen molar-refractivity contribution in [1.82, 2.24) is 9.97 Å². The topological polar surface area (TPSA) is 108 Å². The molecule has 0 atom stereocenters. The molecule has 0 aliphatic rings. The van der Waals surface area contributed by atoms with Crippen LogP contribution in [0.5, 0.6) is 0 Å². The van der Waals surface area contributed by atoms with Crippen molar-refractivity contribution >= 4 is 33.9 Å². The molecule has 7 nitrogen and oxygen atoms in total. The van der Waals surface area contributed by atoms with E-state index in [0.717, 1.165) is 0 Å². The van der Waals surface area contributed by atoms with E-state index in [1.165, 1.54) is 24.6 Å². The first-order valence-corrected chi connectivity index (χ1v) is 8.93. The Labute approximate surface area is 179 Å². The predicted molar refractivity (Wildman–Crippen MR) is 97.4 cm³/mol. The Kier molecular flexibility index (Phi) is 7.52. The molecule has 0 unspecified atom stereocenters. The van der Waals surface area contributed by atoms with Crippen LogP contribution in [0.3, 0.4) is 0 Å². The molecule has 0 spiro atoms. The summed E-state index contributed by atoms with van der Waals surface area (Å²) in [6.45, 7) is 0. The van der Waals surface area contributed by atoms with E-state index in [-0.39, 0.29) is 35.2 Å². The minimum atomic E-state index is -4.72. The van der Waals surface area contributed by atoms with E-state index in [0.29, 0.717) is 17.1 Å². The molecular weight excluding hydrogens is 375 g/mol. The van der Waals surface area contributed by atoms with Gasteiger partial charge in [0, 0.05) is 12.4 Å². The first-order valence-electron chi connectivity index (χ1n) is 7.52. The molecule has 3 aromatic rings. The fourth-order valence-corrected chi connectivity index (χ4v) is 2.71. The minimum absolute atomic E-state index is 0. The van der Waals surface area contributed by atoms with Crippen LogP contribution in [0, 0.1) is 0 Å². The number of hydrogen-bond acceptors (Lipinski definition) is 7. The molecular formula is C18H13N4NaO3S. The van der Waals surface area contributed by atoms with E-state index in [1.54, 1.807) is 54.9 Å². The van der Waals surface area contributed by atoms with Crippen LogP contribution in [0.25, 0.3) is 0 Å². The normalized spacial score (nSPS) is 11.6. The van der Waals surface area contributed by atoms with Crippen LogP contribution >= 0.6 is 0 Å². The molecule has 0 aliphatic heterocycles. The summed E-state index contributed by atoms with van der Waals surface area (Å²) < 4.78 is 34.7. The Bertz CT molecular complexity index is 1060. The van der Waals surface area contributed by atoms with Crippen LogP contribution in [0.4, 0.5) is 11.4 Å². The smallest absolute Gasteiger partial charge is 0.744 e. The van der Waals surface area contributed by atoms with Crippen LogP contribution in [0.2, 0.25) is 0 Å². The SMILES string of the molecule is O=S(=O)([O-])c1cc(N=Cc2ccccn2)ccc1N=Cc1ccccn1.[Na+]. The van der Waals surface area contributed by atoms with Gasteiger partial charge in [0.05, 0.1) is 40.1 Å².